The Morgan fingerprint density at radius 1 is 0.639 bits per heavy atom. The summed E-state index contributed by atoms with van der Waals surface area (Å²) >= 11 is 0. The zero-order chi connectivity index (χ0) is 43.6. The highest BCUT2D eigenvalue weighted by atomic mass is 32.2. The van der Waals surface area contributed by atoms with Gasteiger partial charge in [0.2, 0.25) is 31.8 Å². The first-order valence-corrected chi connectivity index (χ1v) is 22.4. The van der Waals surface area contributed by atoms with Gasteiger partial charge in [-0.3, -0.25) is 23.5 Å². The SMILES string of the molecule is CC(C)N1Cc2ccc(N(Cc3ccc(-c4nnc(C(F)F)o4)cn3)S(C)(=O)=O)cc2C1.CS(=O)(=O)N(Cc1ccc(-c2nnc(C(F)F)o2)cn1)c1ccc2c(c1)CNC2. The van der Waals surface area contributed by atoms with Crippen molar-refractivity contribution in [1.82, 2.24) is 40.6 Å². The van der Waals surface area contributed by atoms with Crippen LogP contribution in [0.5, 0.6) is 0 Å². The van der Waals surface area contributed by atoms with Gasteiger partial charge in [0.15, 0.2) is 0 Å². The fraction of sp³-hybridized carbons (Fsp3) is 0.333. The Kier molecular flexibility index (Phi) is 12.5. The van der Waals surface area contributed by atoms with Gasteiger partial charge < -0.3 is 14.2 Å². The van der Waals surface area contributed by atoms with E-state index in [-0.39, 0.29) is 24.9 Å². The van der Waals surface area contributed by atoms with E-state index < -0.39 is 44.7 Å². The lowest BCUT2D eigenvalue weighted by Gasteiger charge is -2.23. The summed E-state index contributed by atoms with van der Waals surface area (Å²) in [7, 11) is -7.13. The first kappa shape index (κ1) is 43.3. The second kappa shape index (κ2) is 17.6. The van der Waals surface area contributed by atoms with E-state index in [4.69, 9.17) is 8.83 Å². The molecular formula is C39H40F4N10O6S2. The summed E-state index contributed by atoms with van der Waals surface area (Å²) < 4.78 is 113. The minimum Gasteiger partial charge on any atom is -0.415 e. The van der Waals surface area contributed by atoms with Gasteiger partial charge in [-0.05, 0) is 84.6 Å². The summed E-state index contributed by atoms with van der Waals surface area (Å²) in [4.78, 5) is 10.8. The van der Waals surface area contributed by atoms with Crippen LogP contribution in [0.3, 0.4) is 0 Å². The van der Waals surface area contributed by atoms with E-state index >= 15 is 0 Å². The highest BCUT2D eigenvalue weighted by Crippen LogP contribution is 2.31. The molecule has 0 amide bonds. The molecule has 2 aliphatic rings. The number of hydrogen-bond acceptors (Lipinski definition) is 14. The van der Waals surface area contributed by atoms with Gasteiger partial charge in [-0.1, -0.05) is 12.1 Å². The number of anilines is 2. The van der Waals surface area contributed by atoms with Crippen molar-refractivity contribution in [3.8, 4) is 22.9 Å². The minimum atomic E-state index is -3.58. The summed E-state index contributed by atoms with van der Waals surface area (Å²) in [5.74, 6) is -1.68. The zero-order valence-electron chi connectivity index (χ0n) is 33.2. The first-order chi connectivity index (χ1) is 28.9. The van der Waals surface area contributed by atoms with E-state index in [9.17, 15) is 34.4 Å². The molecular weight excluding hydrogens is 845 g/mol. The van der Waals surface area contributed by atoms with Gasteiger partial charge >= 0.3 is 12.9 Å². The number of halogens is 4. The first-order valence-electron chi connectivity index (χ1n) is 18.7. The number of rotatable bonds is 13. The van der Waals surface area contributed by atoms with E-state index in [0.717, 1.165) is 48.8 Å². The molecule has 0 saturated heterocycles. The van der Waals surface area contributed by atoms with Crippen LogP contribution in [0.1, 0.15) is 72.1 Å². The molecule has 0 radical (unpaired) electrons. The quantitative estimate of drug-likeness (QED) is 0.125. The Morgan fingerprint density at radius 3 is 1.52 bits per heavy atom. The molecule has 0 spiro atoms. The molecule has 0 atom stereocenters. The molecule has 22 heteroatoms. The second-order valence-corrected chi connectivity index (χ2v) is 18.4. The highest BCUT2D eigenvalue weighted by Gasteiger charge is 2.26. The van der Waals surface area contributed by atoms with Crippen molar-refractivity contribution >= 4 is 31.4 Å². The molecule has 2 aromatic carbocycles. The number of nitrogens with zero attached hydrogens (tertiary/aromatic N) is 9. The maximum Gasteiger partial charge on any atom is 0.314 e. The summed E-state index contributed by atoms with van der Waals surface area (Å²) in [6, 6.07) is 18.0. The molecule has 6 heterocycles. The van der Waals surface area contributed by atoms with E-state index in [1.165, 1.54) is 26.6 Å². The monoisotopic (exact) mass is 884 g/mol. The molecule has 0 fully saturated rings. The van der Waals surface area contributed by atoms with Crippen molar-refractivity contribution in [3.63, 3.8) is 0 Å². The molecule has 322 valence electrons. The Hall–Kier alpha value is -5.84. The predicted octanol–water partition coefficient (Wildman–Crippen LogP) is 6.40. The Morgan fingerprint density at radius 2 is 1.10 bits per heavy atom. The highest BCUT2D eigenvalue weighted by molar-refractivity contribution is 7.92. The molecule has 6 aromatic rings. The smallest absolute Gasteiger partial charge is 0.314 e. The number of benzene rings is 2. The molecule has 0 saturated carbocycles. The maximum atomic E-state index is 12.6. The van der Waals surface area contributed by atoms with Crippen molar-refractivity contribution in [2.75, 3.05) is 21.1 Å². The molecule has 2 aliphatic heterocycles. The molecule has 61 heavy (non-hydrogen) atoms. The van der Waals surface area contributed by atoms with E-state index in [0.29, 0.717) is 46.5 Å². The zero-order valence-corrected chi connectivity index (χ0v) is 34.8. The normalized spacial score (nSPS) is 14.0. The number of pyridine rings is 2. The van der Waals surface area contributed by atoms with Crippen LogP contribution in [0.15, 0.2) is 81.9 Å². The fourth-order valence-electron chi connectivity index (χ4n) is 6.63. The average Bonchev–Trinajstić information content (AvgIpc) is 4.05. The number of hydrogen-bond donors (Lipinski definition) is 1. The predicted molar refractivity (Wildman–Crippen MR) is 215 cm³/mol. The van der Waals surface area contributed by atoms with Gasteiger partial charge in [0.05, 0.1) is 59.5 Å². The average molecular weight is 885 g/mol. The number of aromatic nitrogens is 6. The van der Waals surface area contributed by atoms with Gasteiger partial charge in [-0.15, -0.1) is 20.4 Å². The van der Waals surface area contributed by atoms with Gasteiger partial charge in [0.1, 0.15) is 0 Å². The van der Waals surface area contributed by atoms with E-state index in [1.54, 1.807) is 30.3 Å². The Balaban J connectivity index is 0.000000185. The van der Waals surface area contributed by atoms with E-state index in [2.05, 4.69) is 54.4 Å². The number of alkyl halides is 4. The van der Waals surface area contributed by atoms with E-state index in [1.807, 2.05) is 30.3 Å². The van der Waals surface area contributed by atoms with Crippen molar-refractivity contribution in [2.45, 2.75) is 72.0 Å². The number of nitrogens with one attached hydrogen (secondary N) is 1. The Bertz CT molecular complexity index is 2720. The third-order valence-corrected chi connectivity index (χ3v) is 12.2. The lowest BCUT2D eigenvalue weighted by Crippen LogP contribution is -2.29. The van der Waals surface area contributed by atoms with Gasteiger partial charge in [-0.2, -0.15) is 17.6 Å². The summed E-state index contributed by atoms with van der Waals surface area (Å²) in [6.45, 7) is 7.39. The van der Waals surface area contributed by atoms with Gasteiger partial charge in [-0.25, -0.2) is 16.8 Å². The molecule has 1 N–H and O–H groups in total. The van der Waals surface area contributed by atoms with Crippen LogP contribution < -0.4 is 13.9 Å². The summed E-state index contributed by atoms with van der Waals surface area (Å²) in [6.07, 6.45) is -0.648. The summed E-state index contributed by atoms with van der Waals surface area (Å²) in [5, 5.41) is 17.0. The fourth-order valence-corrected chi connectivity index (χ4v) is 8.35. The number of fused-ring (bicyclic) bond motifs is 2. The molecule has 4 aromatic heterocycles. The van der Waals surface area contributed by atoms with Crippen LogP contribution in [0.25, 0.3) is 22.9 Å². The van der Waals surface area contributed by atoms with Crippen molar-refractivity contribution in [1.29, 1.82) is 0 Å². The number of sulfonamides is 2. The molecule has 0 unspecified atom stereocenters. The van der Waals surface area contributed by atoms with Crippen LogP contribution >= 0.6 is 0 Å². The molecule has 0 bridgehead atoms. The summed E-state index contributed by atoms with van der Waals surface area (Å²) in [5.41, 5.74) is 7.33. The standard InChI is InChI=1S/C21H23F2N5O3S.C18H17F2N5O3S/c1-13(2)27-10-15-5-7-18(8-16(15)11-27)28(32(3,29)30)12-17-6-4-14(9-24-17)20-25-26-21(31-20)19(22)23;1-29(26,27)25(15-5-3-11-7-21-8-13(11)6-15)10-14-4-2-12(9-22-14)17-23-24-18(28-17)16(19)20/h4-9,13,19H,10-12H2,1-3H3;2-6,9,16,21H,7-8,10H2,1H3. The third kappa shape index (κ3) is 10.2. The lowest BCUT2D eigenvalue weighted by atomic mass is 10.1. The Labute approximate surface area is 348 Å². The van der Waals surface area contributed by atoms with Gasteiger partial charge in [0, 0.05) is 44.6 Å². The maximum absolute atomic E-state index is 12.6. The molecule has 0 aliphatic carbocycles. The van der Waals surface area contributed by atoms with Crippen LogP contribution in [-0.2, 0) is 59.3 Å². The lowest BCUT2D eigenvalue weighted by molar-refractivity contribution is 0.115. The van der Waals surface area contributed by atoms with Crippen LogP contribution in [0, 0.1) is 0 Å². The van der Waals surface area contributed by atoms with Crippen molar-refractivity contribution < 1.29 is 43.2 Å². The van der Waals surface area contributed by atoms with Crippen LogP contribution in [0.2, 0.25) is 0 Å². The minimum absolute atomic E-state index is 0.0252. The topological polar surface area (TPSA) is 194 Å². The van der Waals surface area contributed by atoms with Crippen LogP contribution in [0.4, 0.5) is 28.9 Å². The van der Waals surface area contributed by atoms with Crippen molar-refractivity contribution in [3.05, 3.63) is 118 Å². The second-order valence-electron chi connectivity index (χ2n) is 14.6. The molecule has 8 rings (SSSR count). The molecule has 16 nitrogen and oxygen atoms in total. The largest absolute Gasteiger partial charge is 0.415 e. The third-order valence-electron chi connectivity index (χ3n) is 9.87. The van der Waals surface area contributed by atoms with Gasteiger partial charge in [0.25, 0.3) is 11.8 Å². The van der Waals surface area contributed by atoms with Crippen molar-refractivity contribution in [2.24, 2.45) is 0 Å². The van der Waals surface area contributed by atoms with Crippen LogP contribution in [-0.4, -0.2) is 70.7 Å².